The summed E-state index contributed by atoms with van der Waals surface area (Å²) in [6.07, 6.45) is 0.926. The predicted octanol–water partition coefficient (Wildman–Crippen LogP) is 3.93. The van der Waals surface area contributed by atoms with E-state index < -0.39 is 0 Å². The summed E-state index contributed by atoms with van der Waals surface area (Å²) in [5, 5.41) is 2.62. The molecule has 2 heterocycles. The molecule has 3 rings (SSSR count). The second kappa shape index (κ2) is 6.08. The lowest BCUT2D eigenvalue weighted by Crippen LogP contribution is -2.40. The minimum Gasteiger partial charge on any atom is -0.482 e. The van der Waals surface area contributed by atoms with Crippen LogP contribution in [0.15, 0.2) is 35.7 Å². The lowest BCUT2D eigenvalue weighted by Gasteiger charge is -2.33. The van der Waals surface area contributed by atoms with Crippen molar-refractivity contribution in [2.45, 2.75) is 19.4 Å². The van der Waals surface area contributed by atoms with Crippen LogP contribution < -0.4 is 4.74 Å². The van der Waals surface area contributed by atoms with E-state index in [0.29, 0.717) is 10.8 Å². The van der Waals surface area contributed by atoms with Crippen molar-refractivity contribution in [3.05, 3.63) is 51.2 Å². The fourth-order valence-corrected chi connectivity index (χ4v) is 3.79. The van der Waals surface area contributed by atoms with Crippen LogP contribution in [0.1, 0.15) is 23.4 Å². The first kappa shape index (κ1) is 14.4. The second-order valence-corrected chi connectivity index (χ2v) is 6.44. The molecule has 0 radical (unpaired) electrons. The number of hydrogen-bond acceptors (Lipinski definition) is 3. The Morgan fingerprint density at radius 2 is 2.24 bits per heavy atom. The average molecular weight is 322 g/mol. The van der Waals surface area contributed by atoms with Crippen molar-refractivity contribution in [3.63, 3.8) is 0 Å². The molecule has 0 saturated heterocycles. The summed E-state index contributed by atoms with van der Waals surface area (Å²) in [6, 6.07) is 9.42. The molecule has 1 amide bonds. The second-order valence-electron chi connectivity index (χ2n) is 5.03. The number of para-hydroxylation sites is 1. The van der Waals surface area contributed by atoms with Crippen LogP contribution >= 0.6 is 22.9 Å². The van der Waals surface area contributed by atoms with Gasteiger partial charge in [0.25, 0.3) is 5.91 Å². The van der Waals surface area contributed by atoms with Crippen molar-refractivity contribution in [2.75, 3.05) is 13.2 Å². The Hall–Kier alpha value is -1.52. The lowest BCUT2D eigenvalue weighted by molar-refractivity contribution is -0.135. The van der Waals surface area contributed by atoms with Gasteiger partial charge in [-0.05, 0) is 42.5 Å². The maximum Gasteiger partial charge on any atom is 0.261 e. The zero-order valence-electron chi connectivity index (χ0n) is 11.7. The Bertz CT molecular complexity index is 655. The van der Waals surface area contributed by atoms with Crippen LogP contribution in [0.3, 0.4) is 0 Å². The first-order valence-corrected chi connectivity index (χ1v) is 8.15. The van der Waals surface area contributed by atoms with Gasteiger partial charge in [0.05, 0.1) is 11.1 Å². The molecule has 5 heteroatoms. The van der Waals surface area contributed by atoms with E-state index >= 15 is 0 Å². The van der Waals surface area contributed by atoms with E-state index in [1.807, 2.05) is 17.0 Å². The van der Waals surface area contributed by atoms with Gasteiger partial charge in [-0.25, -0.2) is 0 Å². The van der Waals surface area contributed by atoms with Gasteiger partial charge < -0.3 is 9.64 Å². The first-order chi connectivity index (χ1) is 10.2. The summed E-state index contributed by atoms with van der Waals surface area (Å²) in [5.74, 6) is 0.549. The van der Waals surface area contributed by atoms with Crippen molar-refractivity contribution in [1.29, 1.82) is 0 Å². The van der Waals surface area contributed by atoms with Gasteiger partial charge in [-0.3, -0.25) is 4.79 Å². The molecule has 110 valence electrons. The molecule has 1 aromatic carbocycles. The fraction of sp³-hybridized carbons (Fsp3) is 0.312. The summed E-state index contributed by atoms with van der Waals surface area (Å²) >= 11 is 7.79. The van der Waals surface area contributed by atoms with Gasteiger partial charge in [0.15, 0.2) is 6.61 Å². The van der Waals surface area contributed by atoms with Crippen LogP contribution in [0.2, 0.25) is 5.02 Å². The Kier molecular flexibility index (Phi) is 4.17. The minimum atomic E-state index is -0.000676. The summed E-state index contributed by atoms with van der Waals surface area (Å²) in [5.41, 5.74) is 1.26. The van der Waals surface area contributed by atoms with Crippen molar-refractivity contribution in [3.8, 4) is 5.75 Å². The standard InChI is InChI=1S/C16H16ClNO2S/c1-11-12-7-9-21-15(12)6-8-18(11)16(19)10-20-14-5-3-2-4-13(14)17/h2-5,7,9,11H,6,8,10H2,1H3. The molecule has 1 atom stereocenters. The van der Waals surface area contributed by atoms with Gasteiger partial charge in [0, 0.05) is 11.4 Å². The van der Waals surface area contributed by atoms with Gasteiger partial charge in [-0.2, -0.15) is 0 Å². The van der Waals surface area contributed by atoms with E-state index in [0.717, 1.165) is 13.0 Å². The highest BCUT2D eigenvalue weighted by molar-refractivity contribution is 7.10. The van der Waals surface area contributed by atoms with Crippen LogP contribution in [0, 0.1) is 0 Å². The summed E-state index contributed by atoms with van der Waals surface area (Å²) in [7, 11) is 0. The van der Waals surface area contributed by atoms with Gasteiger partial charge >= 0.3 is 0 Å². The van der Waals surface area contributed by atoms with Crippen LogP contribution in [0.4, 0.5) is 0 Å². The predicted molar refractivity (Wildman–Crippen MR) is 85.1 cm³/mol. The van der Waals surface area contributed by atoms with Gasteiger partial charge in [0.1, 0.15) is 5.75 Å². The number of hydrogen-bond donors (Lipinski definition) is 0. The molecule has 1 aliphatic rings. The number of halogens is 1. The molecule has 1 aliphatic heterocycles. The molecule has 3 nitrogen and oxygen atoms in total. The number of amides is 1. The largest absolute Gasteiger partial charge is 0.482 e. The highest BCUT2D eigenvalue weighted by atomic mass is 35.5. The number of rotatable bonds is 3. The van der Waals surface area contributed by atoms with Gasteiger partial charge in [-0.15, -0.1) is 11.3 Å². The number of benzene rings is 1. The smallest absolute Gasteiger partial charge is 0.261 e. The molecule has 0 N–H and O–H groups in total. The summed E-state index contributed by atoms with van der Waals surface area (Å²) < 4.78 is 5.55. The van der Waals surface area contributed by atoms with Crippen molar-refractivity contribution in [1.82, 2.24) is 4.90 Å². The molecule has 0 bridgehead atoms. The maximum absolute atomic E-state index is 12.4. The third-order valence-electron chi connectivity index (χ3n) is 3.79. The fourth-order valence-electron chi connectivity index (χ4n) is 2.63. The van der Waals surface area contributed by atoms with E-state index in [1.165, 1.54) is 10.4 Å². The maximum atomic E-state index is 12.4. The van der Waals surface area contributed by atoms with E-state index in [9.17, 15) is 4.79 Å². The first-order valence-electron chi connectivity index (χ1n) is 6.90. The van der Waals surface area contributed by atoms with E-state index in [1.54, 1.807) is 23.5 Å². The number of thiophene rings is 1. The van der Waals surface area contributed by atoms with Gasteiger partial charge in [0.2, 0.25) is 0 Å². The van der Waals surface area contributed by atoms with Crippen molar-refractivity contribution in [2.24, 2.45) is 0 Å². The summed E-state index contributed by atoms with van der Waals surface area (Å²) in [6.45, 7) is 2.84. The normalized spacial score (nSPS) is 17.4. The molecule has 0 fully saturated rings. The quantitative estimate of drug-likeness (QED) is 0.857. The van der Waals surface area contributed by atoms with Crippen LogP contribution in [-0.2, 0) is 11.2 Å². The number of carbonyl (C=O) groups excluding carboxylic acids is 1. The number of ether oxygens (including phenoxy) is 1. The average Bonchev–Trinajstić information content (AvgIpc) is 2.96. The van der Waals surface area contributed by atoms with Crippen molar-refractivity contribution >= 4 is 28.8 Å². The molecule has 0 spiro atoms. The molecule has 1 unspecified atom stereocenters. The topological polar surface area (TPSA) is 29.5 Å². The Balaban J connectivity index is 1.65. The highest BCUT2D eigenvalue weighted by Crippen LogP contribution is 2.33. The minimum absolute atomic E-state index is 0.000676. The number of fused-ring (bicyclic) bond motifs is 1. The molecular formula is C16H16ClNO2S. The Labute approximate surface area is 133 Å². The monoisotopic (exact) mass is 321 g/mol. The Morgan fingerprint density at radius 3 is 3.05 bits per heavy atom. The molecule has 2 aromatic rings. The Morgan fingerprint density at radius 1 is 1.43 bits per heavy atom. The van der Waals surface area contributed by atoms with Gasteiger partial charge in [-0.1, -0.05) is 23.7 Å². The third-order valence-corrected chi connectivity index (χ3v) is 5.09. The van der Waals surface area contributed by atoms with E-state index in [4.69, 9.17) is 16.3 Å². The molecule has 21 heavy (non-hydrogen) atoms. The van der Waals surface area contributed by atoms with Crippen molar-refractivity contribution < 1.29 is 9.53 Å². The molecule has 0 saturated carbocycles. The van der Waals surface area contributed by atoms with Crippen LogP contribution in [-0.4, -0.2) is 24.0 Å². The zero-order valence-corrected chi connectivity index (χ0v) is 13.3. The number of carbonyl (C=O) groups is 1. The molecule has 0 aliphatic carbocycles. The SMILES string of the molecule is CC1c2ccsc2CCN1C(=O)COc1ccccc1Cl. The van der Waals surface area contributed by atoms with E-state index in [-0.39, 0.29) is 18.6 Å². The lowest BCUT2D eigenvalue weighted by atomic mass is 10.0. The third kappa shape index (κ3) is 2.92. The molecule has 1 aromatic heterocycles. The van der Waals surface area contributed by atoms with Crippen LogP contribution in [0.5, 0.6) is 5.75 Å². The number of nitrogens with zero attached hydrogens (tertiary/aromatic N) is 1. The van der Waals surface area contributed by atoms with E-state index in [2.05, 4.69) is 18.4 Å². The molecular weight excluding hydrogens is 306 g/mol. The summed E-state index contributed by atoms with van der Waals surface area (Å²) in [4.78, 5) is 15.7. The van der Waals surface area contributed by atoms with Crippen LogP contribution in [0.25, 0.3) is 0 Å². The highest BCUT2D eigenvalue weighted by Gasteiger charge is 2.28. The zero-order chi connectivity index (χ0) is 14.8.